The van der Waals surface area contributed by atoms with E-state index in [0.717, 1.165) is 0 Å². The largest absolute Gasteiger partial charge is 0.389 e. The molecule has 3 N–H and O–H groups in total. The predicted octanol–water partition coefficient (Wildman–Crippen LogP) is 2.69. The Hall–Kier alpha value is -0.690. The number of halogens is 1. The minimum atomic E-state index is -3.68. The second-order valence-electron chi connectivity index (χ2n) is 5.72. The first kappa shape index (κ1) is 17.4. The molecule has 112 valence electrons. The predicted molar refractivity (Wildman–Crippen MR) is 86.6 cm³/mol. The lowest BCUT2D eigenvalue weighted by Gasteiger charge is -2.28. The molecule has 0 aliphatic heterocycles. The summed E-state index contributed by atoms with van der Waals surface area (Å²) < 4.78 is 27.3. The number of nitrogens with one attached hydrogen (secondary N) is 1. The average Bonchev–Trinajstić information content (AvgIpc) is 2.26. The SMILES string of the molecule is CC(NS(=O)(=O)c1ccc(C(N)=S)cc1Cl)C(C)(C)C. The van der Waals surface area contributed by atoms with Gasteiger partial charge < -0.3 is 5.73 Å². The molecule has 0 saturated heterocycles. The summed E-state index contributed by atoms with van der Waals surface area (Å²) in [7, 11) is -3.68. The summed E-state index contributed by atoms with van der Waals surface area (Å²) in [5, 5.41) is 0.101. The van der Waals surface area contributed by atoms with Gasteiger partial charge in [-0.1, -0.05) is 50.7 Å². The van der Waals surface area contributed by atoms with Gasteiger partial charge in [-0.05, 0) is 24.5 Å². The van der Waals surface area contributed by atoms with E-state index >= 15 is 0 Å². The second-order valence-corrected chi connectivity index (χ2v) is 8.25. The summed E-state index contributed by atoms with van der Waals surface area (Å²) in [6.45, 7) is 7.68. The molecule has 1 aromatic carbocycles. The Morgan fingerprint density at radius 3 is 2.35 bits per heavy atom. The highest BCUT2D eigenvalue weighted by Gasteiger charge is 2.27. The molecule has 0 bridgehead atoms. The molecule has 0 aliphatic carbocycles. The Morgan fingerprint density at radius 1 is 1.40 bits per heavy atom. The first-order valence-corrected chi connectivity index (χ1v) is 8.34. The molecule has 0 radical (unpaired) electrons. The molecule has 0 saturated carbocycles. The molecule has 0 fully saturated rings. The van der Waals surface area contributed by atoms with Gasteiger partial charge in [-0.25, -0.2) is 13.1 Å². The minimum Gasteiger partial charge on any atom is -0.389 e. The van der Waals surface area contributed by atoms with E-state index in [1.165, 1.54) is 12.1 Å². The van der Waals surface area contributed by atoms with E-state index in [1.807, 2.05) is 27.7 Å². The standard InChI is InChI=1S/C13H19ClN2O2S2/c1-8(13(2,3)4)16-20(17,18)11-6-5-9(12(15)19)7-10(11)14/h5-8,16H,1-4H3,(H2,15,19). The summed E-state index contributed by atoms with van der Waals surface area (Å²) >= 11 is 10.9. The van der Waals surface area contributed by atoms with Crippen LogP contribution in [0.3, 0.4) is 0 Å². The van der Waals surface area contributed by atoms with Crippen LogP contribution in [0.2, 0.25) is 5.02 Å². The summed E-state index contributed by atoms with van der Waals surface area (Å²) in [5.41, 5.74) is 5.83. The fourth-order valence-electron chi connectivity index (χ4n) is 1.35. The van der Waals surface area contributed by atoms with Gasteiger partial charge in [0.05, 0.1) is 5.02 Å². The monoisotopic (exact) mass is 334 g/mol. The maximum absolute atomic E-state index is 12.3. The van der Waals surface area contributed by atoms with E-state index < -0.39 is 10.0 Å². The zero-order valence-corrected chi connectivity index (χ0v) is 14.3. The molecule has 20 heavy (non-hydrogen) atoms. The molecule has 1 atom stereocenters. The van der Waals surface area contributed by atoms with E-state index in [4.69, 9.17) is 29.6 Å². The van der Waals surface area contributed by atoms with Crippen molar-refractivity contribution in [3.63, 3.8) is 0 Å². The molecule has 7 heteroatoms. The number of thiocarbonyl (C=S) groups is 1. The van der Waals surface area contributed by atoms with Crippen molar-refractivity contribution in [3.8, 4) is 0 Å². The van der Waals surface area contributed by atoms with E-state index in [0.29, 0.717) is 5.56 Å². The van der Waals surface area contributed by atoms with E-state index in [2.05, 4.69) is 4.72 Å². The van der Waals surface area contributed by atoms with Crippen LogP contribution < -0.4 is 10.5 Å². The van der Waals surface area contributed by atoms with Crippen LogP contribution in [0.1, 0.15) is 33.3 Å². The Bertz CT molecular complexity index is 622. The third kappa shape index (κ3) is 4.15. The Balaban J connectivity index is 3.14. The Labute approximate surface area is 130 Å². The Morgan fingerprint density at radius 2 is 1.95 bits per heavy atom. The van der Waals surface area contributed by atoms with Crippen molar-refractivity contribution in [1.29, 1.82) is 0 Å². The molecule has 0 heterocycles. The van der Waals surface area contributed by atoms with Crippen LogP contribution in [-0.4, -0.2) is 19.4 Å². The van der Waals surface area contributed by atoms with Gasteiger partial charge >= 0.3 is 0 Å². The first-order valence-electron chi connectivity index (χ1n) is 6.07. The smallest absolute Gasteiger partial charge is 0.242 e. The van der Waals surface area contributed by atoms with Crippen molar-refractivity contribution in [2.45, 2.75) is 38.6 Å². The van der Waals surface area contributed by atoms with Crippen LogP contribution in [0.25, 0.3) is 0 Å². The van der Waals surface area contributed by atoms with Crippen LogP contribution in [0.15, 0.2) is 23.1 Å². The van der Waals surface area contributed by atoms with E-state index in [9.17, 15) is 8.42 Å². The molecular formula is C13H19ClN2O2S2. The third-order valence-electron chi connectivity index (χ3n) is 3.14. The van der Waals surface area contributed by atoms with Crippen LogP contribution in [0.4, 0.5) is 0 Å². The van der Waals surface area contributed by atoms with Gasteiger partial charge in [0.15, 0.2) is 0 Å². The van der Waals surface area contributed by atoms with Gasteiger partial charge in [-0.15, -0.1) is 0 Å². The highest BCUT2D eigenvalue weighted by Crippen LogP contribution is 2.25. The van der Waals surface area contributed by atoms with Crippen molar-refractivity contribution in [2.75, 3.05) is 0 Å². The quantitative estimate of drug-likeness (QED) is 0.830. The molecule has 0 aliphatic rings. The summed E-state index contributed by atoms with van der Waals surface area (Å²) in [6, 6.07) is 4.18. The number of hydrogen-bond donors (Lipinski definition) is 2. The second kappa shape index (κ2) is 5.97. The van der Waals surface area contributed by atoms with Crippen LogP contribution in [0.5, 0.6) is 0 Å². The average molecular weight is 335 g/mol. The zero-order valence-electron chi connectivity index (χ0n) is 11.9. The number of sulfonamides is 1. The highest BCUT2D eigenvalue weighted by molar-refractivity contribution is 7.89. The molecule has 1 aromatic rings. The molecule has 4 nitrogen and oxygen atoms in total. The fraction of sp³-hybridized carbons (Fsp3) is 0.462. The van der Waals surface area contributed by atoms with Crippen molar-refractivity contribution in [1.82, 2.24) is 4.72 Å². The van der Waals surface area contributed by atoms with E-state index in [1.54, 1.807) is 6.07 Å². The minimum absolute atomic E-state index is 0.0234. The maximum atomic E-state index is 12.3. The van der Waals surface area contributed by atoms with Crippen molar-refractivity contribution in [3.05, 3.63) is 28.8 Å². The first-order chi connectivity index (χ1) is 8.95. The van der Waals surface area contributed by atoms with Gasteiger partial charge in [0, 0.05) is 11.6 Å². The Kier molecular flexibility index (Phi) is 5.18. The molecule has 0 spiro atoms. The topological polar surface area (TPSA) is 72.2 Å². The normalized spacial score (nSPS) is 14.1. The lowest BCUT2D eigenvalue weighted by Crippen LogP contribution is -2.41. The van der Waals surface area contributed by atoms with Crippen molar-refractivity contribution in [2.24, 2.45) is 11.1 Å². The van der Waals surface area contributed by atoms with Gasteiger partial charge in [0.1, 0.15) is 9.88 Å². The van der Waals surface area contributed by atoms with Gasteiger partial charge in [0.25, 0.3) is 0 Å². The molecular weight excluding hydrogens is 316 g/mol. The van der Waals surface area contributed by atoms with E-state index in [-0.39, 0.29) is 26.4 Å². The number of nitrogens with two attached hydrogens (primary N) is 1. The fourth-order valence-corrected chi connectivity index (χ4v) is 3.47. The van der Waals surface area contributed by atoms with Crippen molar-refractivity contribution < 1.29 is 8.42 Å². The summed E-state index contributed by atoms with van der Waals surface area (Å²) in [4.78, 5) is 0.196. The van der Waals surface area contributed by atoms with Gasteiger partial charge in [-0.2, -0.15) is 0 Å². The number of hydrogen-bond acceptors (Lipinski definition) is 3. The van der Waals surface area contributed by atoms with Gasteiger partial charge in [-0.3, -0.25) is 0 Å². The molecule has 1 rings (SSSR count). The third-order valence-corrected chi connectivity index (χ3v) is 5.40. The number of rotatable bonds is 4. The van der Waals surface area contributed by atoms with Crippen LogP contribution >= 0.6 is 23.8 Å². The summed E-state index contributed by atoms with van der Waals surface area (Å²) in [6.07, 6.45) is 0. The van der Waals surface area contributed by atoms with Crippen LogP contribution in [-0.2, 0) is 10.0 Å². The molecule has 0 amide bonds. The van der Waals surface area contributed by atoms with Crippen molar-refractivity contribution >= 4 is 38.8 Å². The lowest BCUT2D eigenvalue weighted by atomic mass is 9.89. The molecule has 1 unspecified atom stereocenters. The van der Waals surface area contributed by atoms with Crippen LogP contribution in [0, 0.1) is 5.41 Å². The zero-order chi connectivity index (χ0) is 15.7. The van der Waals surface area contributed by atoms with Gasteiger partial charge in [0.2, 0.25) is 10.0 Å². The summed E-state index contributed by atoms with van der Waals surface area (Å²) in [5.74, 6) is 0. The lowest BCUT2D eigenvalue weighted by molar-refractivity contribution is 0.317. The number of benzene rings is 1. The maximum Gasteiger partial charge on any atom is 0.242 e. The molecule has 0 aromatic heterocycles. The highest BCUT2D eigenvalue weighted by atomic mass is 35.5.